The number of hydrogen-bond acceptors (Lipinski definition) is 1. The third kappa shape index (κ3) is 1.46. The molecular weight excluding hydrogens is 172 g/mol. The molecule has 0 aromatic carbocycles. The van der Waals surface area contributed by atoms with Crippen molar-refractivity contribution in [1.82, 2.24) is 0 Å². The highest BCUT2D eigenvalue weighted by atomic mass is 35.5. The maximum atomic E-state index is 11.2. The fraction of sp³-hybridized carbons (Fsp3) is 0.500. The average Bonchev–Trinajstić information content (AvgIpc) is 1.97. The lowest BCUT2D eigenvalue weighted by molar-refractivity contribution is -0.118. The molecule has 0 saturated heterocycles. The fourth-order valence-electron chi connectivity index (χ4n) is 1.38. The predicted octanol–water partition coefficient (Wildman–Crippen LogP) is 2.91. The number of rotatable bonds is 1. The molecule has 1 aliphatic rings. The van der Waals surface area contributed by atoms with E-state index in [1.165, 1.54) is 0 Å². The molecule has 0 aromatic heterocycles. The summed E-state index contributed by atoms with van der Waals surface area (Å²) in [5, 5.41) is -0.279. The van der Waals surface area contributed by atoms with Crippen molar-refractivity contribution in [1.29, 1.82) is 0 Å². The highest BCUT2D eigenvalue weighted by molar-refractivity contribution is 6.65. The lowest BCUT2D eigenvalue weighted by Crippen LogP contribution is -2.30. The number of carbonyl (C=O) groups excluding carboxylic acids is 1. The van der Waals surface area contributed by atoms with Crippen LogP contribution in [0.25, 0.3) is 0 Å². The van der Waals surface area contributed by atoms with Gasteiger partial charge in [-0.15, -0.1) is 0 Å². The van der Waals surface area contributed by atoms with Gasteiger partial charge in [0.05, 0.1) is 5.41 Å². The van der Waals surface area contributed by atoms with Crippen molar-refractivity contribution in [2.75, 3.05) is 0 Å². The first-order valence-corrected chi connectivity index (χ1v) is 4.42. The first-order valence-electron chi connectivity index (χ1n) is 4.04. The van der Waals surface area contributed by atoms with Crippen molar-refractivity contribution in [3.63, 3.8) is 0 Å². The Morgan fingerprint density at radius 2 is 2.25 bits per heavy atom. The number of halogens is 1. The molecule has 2 unspecified atom stereocenters. The number of hydrogen-bond donors (Lipinski definition) is 0. The van der Waals surface area contributed by atoms with E-state index in [9.17, 15) is 4.79 Å². The molecule has 0 saturated carbocycles. The van der Waals surface area contributed by atoms with E-state index in [4.69, 9.17) is 11.6 Å². The van der Waals surface area contributed by atoms with Gasteiger partial charge in [0.1, 0.15) is 0 Å². The van der Waals surface area contributed by atoms with Crippen molar-refractivity contribution >= 4 is 16.8 Å². The van der Waals surface area contributed by atoms with Crippen LogP contribution >= 0.6 is 11.6 Å². The highest BCUT2D eigenvalue weighted by Crippen LogP contribution is 2.36. The molecule has 66 valence electrons. The van der Waals surface area contributed by atoms with Crippen molar-refractivity contribution < 1.29 is 4.79 Å². The van der Waals surface area contributed by atoms with Crippen molar-refractivity contribution in [2.45, 2.75) is 20.8 Å². The van der Waals surface area contributed by atoms with Crippen LogP contribution in [0.3, 0.4) is 0 Å². The molecule has 0 bridgehead atoms. The summed E-state index contributed by atoms with van der Waals surface area (Å²) in [5.41, 5.74) is 0.588. The quantitative estimate of drug-likeness (QED) is 0.573. The summed E-state index contributed by atoms with van der Waals surface area (Å²) in [7, 11) is 0. The molecule has 0 amide bonds. The minimum absolute atomic E-state index is 0.186. The van der Waals surface area contributed by atoms with Crippen LogP contribution in [-0.2, 0) is 4.79 Å². The molecule has 2 atom stereocenters. The summed E-state index contributed by atoms with van der Waals surface area (Å²) in [4.78, 5) is 11.2. The smallest absolute Gasteiger partial charge is 0.231 e. The Kier molecular flexibility index (Phi) is 2.43. The monoisotopic (exact) mass is 184 g/mol. The van der Waals surface area contributed by atoms with Crippen LogP contribution in [0.2, 0.25) is 0 Å². The zero-order valence-corrected chi connectivity index (χ0v) is 8.35. The standard InChI is InChI=1S/C10H13ClO/c1-7-4-5-8(2)10(3,6-7)9(11)12/h4-6,8H,1-3H3. The SMILES string of the molecule is CC1=CC(C)(C(=O)Cl)C(C)C=C1. The van der Waals surface area contributed by atoms with Crippen molar-refractivity contribution in [3.05, 3.63) is 23.8 Å². The largest absolute Gasteiger partial charge is 0.280 e. The van der Waals surface area contributed by atoms with Gasteiger partial charge in [0.2, 0.25) is 5.24 Å². The summed E-state index contributed by atoms with van der Waals surface area (Å²) < 4.78 is 0. The molecule has 0 aliphatic heterocycles. The molecule has 12 heavy (non-hydrogen) atoms. The van der Waals surface area contributed by atoms with Crippen molar-refractivity contribution in [3.8, 4) is 0 Å². The van der Waals surface area contributed by atoms with Gasteiger partial charge >= 0.3 is 0 Å². The molecule has 0 fully saturated rings. The van der Waals surface area contributed by atoms with E-state index in [1.54, 1.807) is 0 Å². The van der Waals surface area contributed by atoms with Crippen molar-refractivity contribution in [2.24, 2.45) is 11.3 Å². The van der Waals surface area contributed by atoms with Crippen LogP contribution in [0.15, 0.2) is 23.8 Å². The molecule has 1 rings (SSSR count). The van der Waals surface area contributed by atoms with E-state index in [0.717, 1.165) is 5.57 Å². The number of allylic oxidation sites excluding steroid dienone is 4. The second kappa shape index (κ2) is 3.06. The van der Waals surface area contributed by atoms with E-state index in [2.05, 4.69) is 0 Å². The summed E-state index contributed by atoms with van der Waals surface area (Å²) in [6.07, 6.45) is 5.98. The van der Waals surface area contributed by atoms with Crippen LogP contribution in [0.5, 0.6) is 0 Å². The summed E-state index contributed by atoms with van der Waals surface area (Å²) in [5.74, 6) is 0.186. The summed E-state index contributed by atoms with van der Waals surface area (Å²) in [6, 6.07) is 0. The van der Waals surface area contributed by atoms with Crippen LogP contribution in [0.1, 0.15) is 20.8 Å². The molecule has 0 aromatic rings. The Bertz CT molecular complexity index is 265. The highest BCUT2D eigenvalue weighted by Gasteiger charge is 2.35. The van der Waals surface area contributed by atoms with Crippen LogP contribution in [-0.4, -0.2) is 5.24 Å². The predicted molar refractivity (Wildman–Crippen MR) is 51.0 cm³/mol. The summed E-state index contributed by atoms with van der Waals surface area (Å²) >= 11 is 5.54. The Labute approximate surface area is 78.1 Å². The minimum atomic E-state index is -0.514. The van der Waals surface area contributed by atoms with Crippen LogP contribution in [0, 0.1) is 11.3 Å². The number of carbonyl (C=O) groups is 1. The molecule has 1 nitrogen and oxygen atoms in total. The van der Waals surface area contributed by atoms with E-state index in [1.807, 2.05) is 39.0 Å². The lowest BCUT2D eigenvalue weighted by Gasteiger charge is -2.30. The second-order valence-corrected chi connectivity index (χ2v) is 3.94. The van der Waals surface area contributed by atoms with E-state index >= 15 is 0 Å². The molecule has 0 spiro atoms. The van der Waals surface area contributed by atoms with Gasteiger partial charge in [-0.1, -0.05) is 30.7 Å². The van der Waals surface area contributed by atoms with Gasteiger partial charge in [-0.05, 0) is 31.4 Å². The Morgan fingerprint density at radius 1 is 1.67 bits per heavy atom. The molecular formula is C10H13ClO. The van der Waals surface area contributed by atoms with Gasteiger partial charge in [0.25, 0.3) is 0 Å². The average molecular weight is 185 g/mol. The van der Waals surface area contributed by atoms with E-state index < -0.39 is 5.41 Å². The molecule has 2 heteroatoms. The van der Waals surface area contributed by atoms with Gasteiger partial charge in [-0.2, -0.15) is 0 Å². The molecule has 1 aliphatic carbocycles. The topological polar surface area (TPSA) is 17.1 Å². The first-order chi connectivity index (χ1) is 5.47. The summed E-state index contributed by atoms with van der Waals surface area (Å²) in [6.45, 7) is 5.85. The van der Waals surface area contributed by atoms with Gasteiger partial charge in [-0.3, -0.25) is 4.79 Å². The zero-order valence-electron chi connectivity index (χ0n) is 7.60. The third-order valence-corrected chi connectivity index (χ3v) is 2.95. The maximum Gasteiger partial charge on any atom is 0.231 e. The first kappa shape index (κ1) is 9.53. The molecule has 0 N–H and O–H groups in total. The Hall–Kier alpha value is -0.560. The fourth-order valence-corrected chi connectivity index (χ4v) is 1.61. The van der Waals surface area contributed by atoms with Gasteiger partial charge in [-0.25, -0.2) is 0 Å². The molecule has 0 radical (unpaired) electrons. The second-order valence-electron chi connectivity index (χ2n) is 3.59. The van der Waals surface area contributed by atoms with Crippen LogP contribution < -0.4 is 0 Å². The Morgan fingerprint density at radius 3 is 2.67 bits per heavy atom. The van der Waals surface area contributed by atoms with Gasteiger partial charge in [0.15, 0.2) is 0 Å². The van der Waals surface area contributed by atoms with Crippen LogP contribution in [0.4, 0.5) is 0 Å². The minimum Gasteiger partial charge on any atom is -0.280 e. The lowest BCUT2D eigenvalue weighted by atomic mass is 9.75. The maximum absolute atomic E-state index is 11.2. The normalized spacial score (nSPS) is 34.7. The van der Waals surface area contributed by atoms with Gasteiger partial charge in [0, 0.05) is 0 Å². The zero-order chi connectivity index (χ0) is 9.35. The third-order valence-electron chi connectivity index (χ3n) is 2.54. The van der Waals surface area contributed by atoms with Gasteiger partial charge < -0.3 is 0 Å². The molecule has 0 heterocycles. The Balaban J connectivity index is 3.05. The van der Waals surface area contributed by atoms with E-state index in [0.29, 0.717) is 0 Å². The van der Waals surface area contributed by atoms with E-state index in [-0.39, 0.29) is 11.2 Å².